The maximum Gasteiger partial charge on any atom is 0.251 e. The Hall–Kier alpha value is -2.94. The van der Waals surface area contributed by atoms with Crippen molar-refractivity contribution < 1.29 is 32.2 Å². The SMILES string of the molecule is COc1ccc(C2CCCCC2NC(=O)c2cc(OC)c(OC)c(S(C)(=O)=O)c2)cc1OC. The van der Waals surface area contributed by atoms with Crippen molar-refractivity contribution in [3.63, 3.8) is 0 Å². The molecule has 2 aromatic carbocycles. The number of carbonyl (C=O) groups is 1. The first-order chi connectivity index (χ1) is 15.7. The van der Waals surface area contributed by atoms with Gasteiger partial charge in [0, 0.05) is 23.8 Å². The highest BCUT2D eigenvalue weighted by Gasteiger charge is 2.30. The molecule has 2 unspecified atom stereocenters. The maximum absolute atomic E-state index is 13.2. The molecule has 0 spiro atoms. The van der Waals surface area contributed by atoms with Crippen LogP contribution in [0.5, 0.6) is 23.0 Å². The number of rotatable bonds is 8. The summed E-state index contributed by atoms with van der Waals surface area (Å²) < 4.78 is 45.9. The summed E-state index contributed by atoms with van der Waals surface area (Å²) in [6.45, 7) is 0. The van der Waals surface area contributed by atoms with Gasteiger partial charge in [-0.2, -0.15) is 0 Å². The van der Waals surface area contributed by atoms with E-state index in [1.807, 2.05) is 18.2 Å². The van der Waals surface area contributed by atoms with Crippen molar-refractivity contribution in [2.45, 2.75) is 42.5 Å². The highest BCUT2D eigenvalue weighted by molar-refractivity contribution is 7.90. The van der Waals surface area contributed by atoms with E-state index in [2.05, 4.69) is 5.32 Å². The van der Waals surface area contributed by atoms with Gasteiger partial charge in [0.15, 0.2) is 32.8 Å². The Kier molecular flexibility index (Phi) is 7.73. The van der Waals surface area contributed by atoms with Crippen molar-refractivity contribution in [2.24, 2.45) is 0 Å². The third kappa shape index (κ3) is 5.35. The summed E-state index contributed by atoms with van der Waals surface area (Å²) in [5.41, 5.74) is 1.26. The normalized spacial score (nSPS) is 18.3. The number of methoxy groups -OCH3 is 4. The number of hydrogen-bond donors (Lipinski definition) is 1. The molecule has 2 atom stereocenters. The molecule has 180 valence electrons. The molecular weight excluding hydrogens is 446 g/mol. The second-order valence-electron chi connectivity index (χ2n) is 8.07. The molecule has 3 rings (SSSR count). The minimum absolute atomic E-state index is 0.0809. The second kappa shape index (κ2) is 10.3. The Labute approximate surface area is 195 Å². The first kappa shape index (κ1) is 24.7. The Morgan fingerprint density at radius 1 is 0.879 bits per heavy atom. The smallest absolute Gasteiger partial charge is 0.251 e. The van der Waals surface area contributed by atoms with E-state index in [1.54, 1.807) is 14.2 Å². The summed E-state index contributed by atoms with van der Waals surface area (Å²) in [5, 5.41) is 3.12. The van der Waals surface area contributed by atoms with Crippen LogP contribution in [0.1, 0.15) is 47.5 Å². The standard InChI is InChI=1S/C24H31NO7S/c1-29-19-11-10-15(12-20(19)30-2)17-8-6-7-9-18(17)25-24(26)16-13-21(31-3)23(32-4)22(14-16)33(5,27)28/h10-14,17-18H,6-9H2,1-5H3,(H,25,26). The summed E-state index contributed by atoms with van der Waals surface area (Å²) in [4.78, 5) is 13.1. The number of carbonyl (C=O) groups excluding carboxylic acids is 1. The molecule has 0 heterocycles. The lowest BCUT2D eigenvalue weighted by Gasteiger charge is -2.33. The number of nitrogens with one attached hydrogen (secondary N) is 1. The van der Waals surface area contributed by atoms with Crippen molar-refractivity contribution in [1.29, 1.82) is 0 Å². The molecule has 1 amide bonds. The number of sulfone groups is 1. The fourth-order valence-corrected chi connectivity index (χ4v) is 5.24. The topological polar surface area (TPSA) is 100 Å². The van der Waals surface area contributed by atoms with E-state index in [0.717, 1.165) is 37.5 Å². The van der Waals surface area contributed by atoms with Crippen LogP contribution in [0.4, 0.5) is 0 Å². The van der Waals surface area contributed by atoms with Crippen LogP contribution in [0.15, 0.2) is 35.2 Å². The Morgan fingerprint density at radius 3 is 2.15 bits per heavy atom. The first-order valence-electron chi connectivity index (χ1n) is 10.7. The average Bonchev–Trinajstić information content (AvgIpc) is 2.82. The zero-order chi connectivity index (χ0) is 24.2. The zero-order valence-electron chi connectivity index (χ0n) is 19.6. The van der Waals surface area contributed by atoms with Crippen LogP contribution < -0.4 is 24.3 Å². The van der Waals surface area contributed by atoms with Gasteiger partial charge in [-0.15, -0.1) is 0 Å². The molecule has 0 aromatic heterocycles. The van der Waals surface area contributed by atoms with Gasteiger partial charge in [0.1, 0.15) is 4.90 Å². The van der Waals surface area contributed by atoms with Crippen LogP contribution in [0.25, 0.3) is 0 Å². The third-order valence-electron chi connectivity index (χ3n) is 6.02. The molecule has 0 aliphatic heterocycles. The van der Waals surface area contributed by atoms with E-state index in [1.165, 1.54) is 26.4 Å². The molecule has 2 aromatic rings. The predicted octanol–water partition coefficient (Wildman–Crippen LogP) is 3.58. The molecule has 33 heavy (non-hydrogen) atoms. The minimum atomic E-state index is -3.65. The molecule has 1 N–H and O–H groups in total. The molecule has 0 radical (unpaired) electrons. The Bertz CT molecular complexity index is 1110. The van der Waals surface area contributed by atoms with Crippen LogP contribution >= 0.6 is 0 Å². The molecule has 1 aliphatic carbocycles. The lowest BCUT2D eigenvalue weighted by molar-refractivity contribution is 0.0920. The van der Waals surface area contributed by atoms with E-state index in [0.29, 0.717) is 11.5 Å². The molecule has 0 saturated heterocycles. The van der Waals surface area contributed by atoms with E-state index in [-0.39, 0.29) is 39.8 Å². The van der Waals surface area contributed by atoms with Crippen LogP contribution in [0.2, 0.25) is 0 Å². The minimum Gasteiger partial charge on any atom is -0.493 e. The van der Waals surface area contributed by atoms with Crippen LogP contribution in [0, 0.1) is 0 Å². The van der Waals surface area contributed by atoms with E-state index >= 15 is 0 Å². The van der Waals surface area contributed by atoms with Gasteiger partial charge in [0.25, 0.3) is 5.91 Å². The summed E-state index contributed by atoms with van der Waals surface area (Å²) in [6, 6.07) is 8.53. The number of hydrogen-bond acceptors (Lipinski definition) is 7. The van der Waals surface area contributed by atoms with Gasteiger partial charge in [-0.1, -0.05) is 18.9 Å². The molecule has 1 fully saturated rings. The highest BCUT2D eigenvalue weighted by atomic mass is 32.2. The molecule has 1 aliphatic rings. The third-order valence-corrected chi connectivity index (χ3v) is 7.13. The predicted molar refractivity (Wildman–Crippen MR) is 125 cm³/mol. The lowest BCUT2D eigenvalue weighted by atomic mass is 9.79. The van der Waals surface area contributed by atoms with Gasteiger partial charge in [-0.25, -0.2) is 8.42 Å². The monoisotopic (exact) mass is 477 g/mol. The second-order valence-corrected chi connectivity index (χ2v) is 10.1. The molecule has 1 saturated carbocycles. The van der Waals surface area contributed by atoms with Gasteiger partial charge >= 0.3 is 0 Å². The Morgan fingerprint density at radius 2 is 1.55 bits per heavy atom. The van der Waals surface area contributed by atoms with Gasteiger partial charge in [0.2, 0.25) is 0 Å². The van der Waals surface area contributed by atoms with Crippen LogP contribution in [-0.4, -0.2) is 55.1 Å². The van der Waals surface area contributed by atoms with Gasteiger partial charge < -0.3 is 24.3 Å². The zero-order valence-corrected chi connectivity index (χ0v) is 20.5. The van der Waals surface area contributed by atoms with Crippen LogP contribution in [-0.2, 0) is 9.84 Å². The summed E-state index contributed by atoms with van der Waals surface area (Å²) in [7, 11) is 2.31. The van der Waals surface area contributed by atoms with E-state index in [9.17, 15) is 13.2 Å². The number of ether oxygens (including phenoxy) is 4. The number of benzene rings is 2. The Balaban J connectivity index is 1.92. The van der Waals surface area contributed by atoms with Crippen molar-refractivity contribution in [3.8, 4) is 23.0 Å². The molecule has 8 nitrogen and oxygen atoms in total. The fraction of sp³-hybridized carbons (Fsp3) is 0.458. The van der Waals surface area contributed by atoms with Crippen molar-refractivity contribution in [3.05, 3.63) is 41.5 Å². The number of amides is 1. The van der Waals surface area contributed by atoms with Gasteiger partial charge in [0.05, 0.1) is 28.4 Å². The van der Waals surface area contributed by atoms with Gasteiger partial charge in [-0.05, 0) is 42.7 Å². The van der Waals surface area contributed by atoms with E-state index in [4.69, 9.17) is 18.9 Å². The summed E-state index contributed by atoms with van der Waals surface area (Å²) in [5.74, 6) is 1.29. The summed E-state index contributed by atoms with van der Waals surface area (Å²) in [6.07, 6.45) is 4.85. The highest BCUT2D eigenvalue weighted by Crippen LogP contribution is 2.39. The van der Waals surface area contributed by atoms with Crippen molar-refractivity contribution in [2.75, 3.05) is 34.7 Å². The lowest BCUT2D eigenvalue weighted by Crippen LogP contribution is -2.41. The molecule has 9 heteroatoms. The summed E-state index contributed by atoms with van der Waals surface area (Å²) >= 11 is 0. The largest absolute Gasteiger partial charge is 0.493 e. The average molecular weight is 478 g/mol. The van der Waals surface area contributed by atoms with E-state index < -0.39 is 9.84 Å². The van der Waals surface area contributed by atoms with Crippen LogP contribution in [0.3, 0.4) is 0 Å². The maximum atomic E-state index is 13.2. The fourth-order valence-electron chi connectivity index (χ4n) is 4.37. The van der Waals surface area contributed by atoms with Gasteiger partial charge in [-0.3, -0.25) is 4.79 Å². The van der Waals surface area contributed by atoms with Crippen molar-refractivity contribution in [1.82, 2.24) is 5.32 Å². The molecule has 0 bridgehead atoms. The van der Waals surface area contributed by atoms with Crippen molar-refractivity contribution >= 4 is 15.7 Å². The quantitative estimate of drug-likeness (QED) is 0.620. The molecular formula is C24H31NO7S. The first-order valence-corrected chi connectivity index (χ1v) is 12.6.